The van der Waals surface area contributed by atoms with E-state index in [0.717, 1.165) is 0 Å². The Morgan fingerprint density at radius 1 is 1.16 bits per heavy atom. The molecule has 0 aromatic heterocycles. The number of nitrogens with one attached hydrogen (secondary N) is 2. The van der Waals surface area contributed by atoms with Crippen LogP contribution in [0, 0.1) is 0 Å². The molecule has 104 valence electrons. The van der Waals surface area contributed by atoms with E-state index in [9.17, 15) is 18.0 Å². The van der Waals surface area contributed by atoms with Crippen molar-refractivity contribution in [1.29, 1.82) is 0 Å². The fourth-order valence-corrected chi connectivity index (χ4v) is 2.35. The van der Waals surface area contributed by atoms with E-state index in [0.29, 0.717) is 12.1 Å². The molecule has 0 fully saturated rings. The molecule has 2 N–H and O–H groups in total. The predicted molar refractivity (Wildman–Crippen MR) is 70.3 cm³/mol. The zero-order chi connectivity index (χ0) is 14.5. The third-order valence-electron chi connectivity index (χ3n) is 2.37. The summed E-state index contributed by atoms with van der Waals surface area (Å²) in [6, 6.07) is 5.53. The van der Waals surface area contributed by atoms with Crippen molar-refractivity contribution in [3.8, 4) is 0 Å². The van der Waals surface area contributed by atoms with Gasteiger partial charge >= 0.3 is 0 Å². The Bertz CT molecular complexity index is 564. The molecule has 1 amide bonds. The van der Waals surface area contributed by atoms with Crippen LogP contribution in [-0.2, 0) is 14.8 Å². The second kappa shape index (κ2) is 6.44. The maximum absolute atomic E-state index is 11.8. The fourth-order valence-electron chi connectivity index (χ4n) is 1.37. The Morgan fingerprint density at radius 3 is 2.21 bits per heavy atom. The second-order valence-corrected chi connectivity index (χ2v) is 5.63. The van der Waals surface area contributed by atoms with Gasteiger partial charge < -0.3 is 5.32 Å². The average molecular weight is 284 g/mol. The molecular weight excluding hydrogens is 268 g/mol. The smallest absolute Gasteiger partial charge is 0.241 e. The first kappa shape index (κ1) is 15.3. The van der Waals surface area contributed by atoms with Gasteiger partial charge in [0, 0.05) is 12.1 Å². The molecule has 0 spiro atoms. The highest BCUT2D eigenvalue weighted by Gasteiger charge is 2.15. The highest BCUT2D eigenvalue weighted by Crippen LogP contribution is 2.10. The number of likely N-dealkylation sites (N-methyl/N-ethyl adjacent to an activating group) is 1. The van der Waals surface area contributed by atoms with Crippen molar-refractivity contribution in [3.05, 3.63) is 29.8 Å². The van der Waals surface area contributed by atoms with Crippen LogP contribution in [0.25, 0.3) is 0 Å². The Kier molecular flexibility index (Phi) is 5.20. The van der Waals surface area contributed by atoms with Crippen LogP contribution in [0.2, 0.25) is 0 Å². The summed E-state index contributed by atoms with van der Waals surface area (Å²) in [6.07, 6.45) is 0. The predicted octanol–water partition coefficient (Wildman–Crippen LogP) is 0.304. The Balaban J connectivity index is 2.77. The van der Waals surface area contributed by atoms with Crippen LogP contribution in [0.15, 0.2) is 29.2 Å². The van der Waals surface area contributed by atoms with Crippen LogP contribution in [0.4, 0.5) is 0 Å². The Morgan fingerprint density at radius 2 is 1.74 bits per heavy atom. The monoisotopic (exact) mass is 284 g/mol. The van der Waals surface area contributed by atoms with Crippen LogP contribution in [-0.4, -0.2) is 33.2 Å². The van der Waals surface area contributed by atoms with Crippen molar-refractivity contribution >= 4 is 21.7 Å². The number of carbonyl (C=O) groups excluding carboxylic acids is 2. The van der Waals surface area contributed by atoms with E-state index in [2.05, 4.69) is 10.0 Å². The maximum atomic E-state index is 11.8. The number of ketones is 1. The van der Waals surface area contributed by atoms with Crippen LogP contribution in [0.1, 0.15) is 24.2 Å². The summed E-state index contributed by atoms with van der Waals surface area (Å²) in [6.45, 7) is 3.27. The van der Waals surface area contributed by atoms with Crippen LogP contribution in [0.5, 0.6) is 0 Å². The molecule has 0 saturated carbocycles. The number of benzene rings is 1. The molecule has 1 aromatic rings. The summed E-state index contributed by atoms with van der Waals surface area (Å²) >= 11 is 0. The van der Waals surface area contributed by atoms with Gasteiger partial charge in [-0.1, -0.05) is 12.1 Å². The van der Waals surface area contributed by atoms with Gasteiger partial charge in [0.1, 0.15) is 0 Å². The summed E-state index contributed by atoms with van der Waals surface area (Å²) in [5.74, 6) is -0.536. The molecule has 0 aliphatic carbocycles. The lowest BCUT2D eigenvalue weighted by Gasteiger charge is -2.07. The molecular formula is C12H16N2O4S. The Hall–Kier alpha value is -1.73. The molecule has 19 heavy (non-hydrogen) atoms. The van der Waals surface area contributed by atoms with Gasteiger partial charge in [0.05, 0.1) is 11.4 Å². The molecule has 0 bridgehead atoms. The molecule has 0 atom stereocenters. The lowest BCUT2D eigenvalue weighted by Crippen LogP contribution is -2.36. The molecule has 6 nitrogen and oxygen atoms in total. The number of Topliss-reactive ketones (excluding diaryl/α,β-unsaturated/α-hetero) is 1. The van der Waals surface area contributed by atoms with E-state index in [1.54, 1.807) is 6.92 Å². The van der Waals surface area contributed by atoms with Crippen LogP contribution < -0.4 is 10.0 Å². The summed E-state index contributed by atoms with van der Waals surface area (Å²) in [5.41, 5.74) is 0.433. The maximum Gasteiger partial charge on any atom is 0.241 e. The average Bonchev–Trinajstić information content (AvgIpc) is 2.37. The van der Waals surface area contributed by atoms with Crippen molar-refractivity contribution in [1.82, 2.24) is 10.0 Å². The van der Waals surface area contributed by atoms with E-state index in [1.807, 2.05) is 0 Å². The molecule has 0 unspecified atom stereocenters. The van der Waals surface area contributed by atoms with E-state index >= 15 is 0 Å². The SMILES string of the molecule is CCNC(=O)CNS(=O)(=O)c1ccc(C(C)=O)cc1. The molecule has 0 heterocycles. The van der Waals surface area contributed by atoms with E-state index in [-0.39, 0.29) is 17.2 Å². The van der Waals surface area contributed by atoms with Gasteiger partial charge in [-0.05, 0) is 26.0 Å². The first-order valence-corrected chi connectivity index (χ1v) is 7.22. The van der Waals surface area contributed by atoms with Crippen LogP contribution >= 0.6 is 0 Å². The minimum Gasteiger partial charge on any atom is -0.355 e. The van der Waals surface area contributed by atoms with Crippen molar-refractivity contribution in [2.75, 3.05) is 13.1 Å². The van der Waals surface area contributed by atoms with Crippen molar-refractivity contribution in [2.45, 2.75) is 18.7 Å². The summed E-state index contributed by atoms with van der Waals surface area (Å²) < 4.78 is 25.9. The molecule has 7 heteroatoms. The highest BCUT2D eigenvalue weighted by atomic mass is 32.2. The standard InChI is InChI=1S/C12H16N2O4S/c1-3-13-12(16)8-14-19(17,18)11-6-4-10(5-7-11)9(2)15/h4-7,14H,3,8H2,1-2H3,(H,13,16). The zero-order valence-corrected chi connectivity index (χ0v) is 11.6. The third kappa shape index (κ3) is 4.46. The lowest BCUT2D eigenvalue weighted by atomic mass is 10.2. The van der Waals surface area contributed by atoms with Gasteiger partial charge in [-0.2, -0.15) is 0 Å². The largest absolute Gasteiger partial charge is 0.355 e. The number of rotatable bonds is 6. The fraction of sp³-hybridized carbons (Fsp3) is 0.333. The lowest BCUT2D eigenvalue weighted by molar-refractivity contribution is -0.119. The quantitative estimate of drug-likeness (QED) is 0.735. The summed E-state index contributed by atoms with van der Waals surface area (Å²) in [5, 5.41) is 2.48. The molecule has 1 rings (SSSR count). The van der Waals surface area contributed by atoms with E-state index < -0.39 is 15.9 Å². The van der Waals surface area contributed by atoms with Gasteiger partial charge in [0.2, 0.25) is 15.9 Å². The normalized spacial score (nSPS) is 11.1. The van der Waals surface area contributed by atoms with E-state index in [4.69, 9.17) is 0 Å². The number of hydrogen-bond donors (Lipinski definition) is 2. The zero-order valence-electron chi connectivity index (χ0n) is 10.8. The highest BCUT2D eigenvalue weighted by molar-refractivity contribution is 7.89. The molecule has 0 saturated heterocycles. The Labute approximate surface area is 112 Å². The number of amides is 1. The number of sulfonamides is 1. The molecule has 0 aliphatic heterocycles. The van der Waals surface area contributed by atoms with Gasteiger partial charge in [-0.25, -0.2) is 13.1 Å². The summed E-state index contributed by atoms with van der Waals surface area (Å²) in [4.78, 5) is 22.3. The van der Waals surface area contributed by atoms with Gasteiger partial charge in [0.25, 0.3) is 0 Å². The van der Waals surface area contributed by atoms with Crippen molar-refractivity contribution in [2.24, 2.45) is 0 Å². The minimum atomic E-state index is -3.74. The summed E-state index contributed by atoms with van der Waals surface area (Å²) in [7, 11) is -3.74. The first-order valence-electron chi connectivity index (χ1n) is 5.74. The molecule has 1 aromatic carbocycles. The minimum absolute atomic E-state index is 0.0156. The van der Waals surface area contributed by atoms with Gasteiger partial charge in [0.15, 0.2) is 5.78 Å². The van der Waals surface area contributed by atoms with Gasteiger partial charge in [-0.3, -0.25) is 9.59 Å². The van der Waals surface area contributed by atoms with Crippen molar-refractivity contribution in [3.63, 3.8) is 0 Å². The number of hydrogen-bond acceptors (Lipinski definition) is 4. The first-order chi connectivity index (χ1) is 8.86. The van der Waals surface area contributed by atoms with Crippen LogP contribution in [0.3, 0.4) is 0 Å². The topological polar surface area (TPSA) is 92.3 Å². The van der Waals surface area contributed by atoms with Gasteiger partial charge in [-0.15, -0.1) is 0 Å². The molecule has 0 radical (unpaired) electrons. The third-order valence-corrected chi connectivity index (χ3v) is 3.78. The van der Waals surface area contributed by atoms with E-state index in [1.165, 1.54) is 31.2 Å². The number of carbonyl (C=O) groups is 2. The molecule has 0 aliphatic rings. The second-order valence-electron chi connectivity index (χ2n) is 3.86. The van der Waals surface area contributed by atoms with Crippen molar-refractivity contribution < 1.29 is 18.0 Å².